The third-order valence-electron chi connectivity index (χ3n) is 3.31. The van der Waals surface area contributed by atoms with Crippen LogP contribution in [0, 0.1) is 0 Å². The van der Waals surface area contributed by atoms with E-state index >= 15 is 0 Å². The van der Waals surface area contributed by atoms with E-state index in [1.165, 1.54) is 45.6 Å². The van der Waals surface area contributed by atoms with Gasteiger partial charge < -0.3 is 9.99 Å². The van der Waals surface area contributed by atoms with E-state index in [2.05, 4.69) is 11.8 Å². The maximum atomic E-state index is 9.86. The summed E-state index contributed by atoms with van der Waals surface area (Å²) < 4.78 is 0. The first-order chi connectivity index (χ1) is 9.29. The molecule has 0 saturated carbocycles. The van der Waals surface area contributed by atoms with Crippen LogP contribution in [0.1, 0.15) is 57.4 Å². The van der Waals surface area contributed by atoms with Gasteiger partial charge in [-0.15, -0.1) is 0 Å². The minimum Gasteiger partial charge on any atom is -0.508 e. The first kappa shape index (κ1) is 15.8. The molecular formula is C16H26O3. The molecule has 0 aliphatic heterocycles. The highest BCUT2D eigenvalue weighted by Crippen LogP contribution is 2.29. The fourth-order valence-electron chi connectivity index (χ4n) is 2.23. The lowest BCUT2D eigenvalue weighted by atomic mass is 10.0. The van der Waals surface area contributed by atoms with Gasteiger partial charge >= 0.3 is 0 Å². The van der Waals surface area contributed by atoms with Crippen molar-refractivity contribution in [1.82, 2.24) is 0 Å². The zero-order valence-corrected chi connectivity index (χ0v) is 12.2. The van der Waals surface area contributed by atoms with Crippen LogP contribution in [0.3, 0.4) is 0 Å². The second-order valence-electron chi connectivity index (χ2n) is 4.88. The van der Waals surface area contributed by atoms with E-state index < -0.39 is 0 Å². The van der Waals surface area contributed by atoms with Crippen LogP contribution in [0.5, 0.6) is 11.5 Å². The number of unbranched alkanes of at least 4 members (excludes halogenated alkanes) is 6. The summed E-state index contributed by atoms with van der Waals surface area (Å²) in [5.74, 6) is 0.911. The van der Waals surface area contributed by atoms with Gasteiger partial charge in [0.05, 0.1) is 7.11 Å². The van der Waals surface area contributed by atoms with Crippen LogP contribution < -0.4 is 4.89 Å². The Balaban J connectivity index is 2.32. The second-order valence-corrected chi connectivity index (χ2v) is 4.88. The Hall–Kier alpha value is -1.22. The summed E-state index contributed by atoms with van der Waals surface area (Å²) in [6, 6.07) is 5.27. The minimum atomic E-state index is 0.292. The summed E-state index contributed by atoms with van der Waals surface area (Å²) in [7, 11) is 1.47. The number of aromatic hydroxyl groups is 1. The lowest BCUT2D eigenvalue weighted by Crippen LogP contribution is -1.97. The van der Waals surface area contributed by atoms with Crippen LogP contribution in [-0.2, 0) is 11.3 Å². The predicted molar refractivity (Wildman–Crippen MR) is 77.4 cm³/mol. The third kappa shape index (κ3) is 5.97. The van der Waals surface area contributed by atoms with Gasteiger partial charge in [0, 0.05) is 5.56 Å². The molecule has 0 aromatic heterocycles. The molecule has 0 saturated heterocycles. The van der Waals surface area contributed by atoms with Crippen molar-refractivity contribution in [2.24, 2.45) is 0 Å². The zero-order valence-electron chi connectivity index (χ0n) is 12.2. The topological polar surface area (TPSA) is 38.7 Å². The van der Waals surface area contributed by atoms with Crippen molar-refractivity contribution in [2.45, 2.75) is 58.3 Å². The van der Waals surface area contributed by atoms with Gasteiger partial charge in [0.15, 0.2) is 5.75 Å². The van der Waals surface area contributed by atoms with Crippen molar-refractivity contribution in [3.63, 3.8) is 0 Å². The van der Waals surface area contributed by atoms with E-state index in [4.69, 9.17) is 4.89 Å². The van der Waals surface area contributed by atoms with Gasteiger partial charge in [0.1, 0.15) is 5.75 Å². The number of rotatable bonds is 10. The highest BCUT2D eigenvalue weighted by molar-refractivity contribution is 5.43. The first-order valence-corrected chi connectivity index (χ1v) is 7.31. The molecule has 0 aliphatic carbocycles. The Kier molecular flexibility index (Phi) is 8.07. The smallest absolute Gasteiger partial charge is 0.172 e. The lowest BCUT2D eigenvalue weighted by molar-refractivity contribution is -0.178. The molecule has 3 heteroatoms. The Morgan fingerprint density at radius 3 is 2.37 bits per heavy atom. The average molecular weight is 266 g/mol. The summed E-state index contributed by atoms with van der Waals surface area (Å²) in [4.78, 5) is 9.75. The normalized spacial score (nSPS) is 10.6. The van der Waals surface area contributed by atoms with E-state index in [9.17, 15) is 5.11 Å². The molecule has 0 atom stereocenters. The molecular weight excluding hydrogens is 240 g/mol. The van der Waals surface area contributed by atoms with Gasteiger partial charge in [0.2, 0.25) is 0 Å². The molecule has 0 amide bonds. The molecule has 1 aromatic rings. The quantitative estimate of drug-likeness (QED) is 0.381. The standard InChI is InChI=1S/C16H26O3/c1-3-4-5-6-7-8-9-11-14-15(17)12-10-13-16(14)19-18-2/h10,12-13,17H,3-9,11H2,1-2H3. The lowest BCUT2D eigenvalue weighted by Gasteiger charge is -2.10. The maximum absolute atomic E-state index is 9.86. The molecule has 1 N–H and O–H groups in total. The van der Waals surface area contributed by atoms with Crippen molar-refractivity contribution in [3.05, 3.63) is 23.8 Å². The number of phenolic OH excluding ortho intramolecular Hbond substituents is 1. The summed E-state index contributed by atoms with van der Waals surface area (Å²) in [5.41, 5.74) is 0.845. The Labute approximate surface area is 116 Å². The van der Waals surface area contributed by atoms with Crippen LogP contribution in [0.15, 0.2) is 18.2 Å². The van der Waals surface area contributed by atoms with E-state index in [0.717, 1.165) is 18.4 Å². The zero-order chi connectivity index (χ0) is 13.9. The second kappa shape index (κ2) is 9.68. The van der Waals surface area contributed by atoms with Gasteiger partial charge in [-0.2, -0.15) is 4.89 Å². The van der Waals surface area contributed by atoms with E-state index in [-0.39, 0.29) is 0 Å². The van der Waals surface area contributed by atoms with Crippen LogP contribution in [0.25, 0.3) is 0 Å². The van der Waals surface area contributed by atoms with Crippen LogP contribution in [-0.4, -0.2) is 12.2 Å². The fraction of sp³-hybridized carbons (Fsp3) is 0.625. The largest absolute Gasteiger partial charge is 0.508 e. The summed E-state index contributed by atoms with van der Waals surface area (Å²) >= 11 is 0. The first-order valence-electron chi connectivity index (χ1n) is 7.31. The van der Waals surface area contributed by atoms with Crippen molar-refractivity contribution in [2.75, 3.05) is 7.11 Å². The monoisotopic (exact) mass is 266 g/mol. The fourth-order valence-corrected chi connectivity index (χ4v) is 2.23. The summed E-state index contributed by atoms with van der Waals surface area (Å²) in [6.07, 6.45) is 9.66. The molecule has 0 bridgehead atoms. The van der Waals surface area contributed by atoms with E-state index in [1.807, 2.05) is 6.07 Å². The van der Waals surface area contributed by atoms with Crippen molar-refractivity contribution >= 4 is 0 Å². The molecule has 0 aliphatic rings. The molecule has 108 valence electrons. The van der Waals surface area contributed by atoms with Crippen LogP contribution in [0.4, 0.5) is 0 Å². The maximum Gasteiger partial charge on any atom is 0.172 e. The Bertz CT molecular complexity index is 350. The number of hydrogen-bond acceptors (Lipinski definition) is 3. The summed E-state index contributed by atoms with van der Waals surface area (Å²) in [5, 5.41) is 9.86. The third-order valence-corrected chi connectivity index (χ3v) is 3.31. The van der Waals surface area contributed by atoms with Crippen LogP contribution >= 0.6 is 0 Å². The van der Waals surface area contributed by atoms with Crippen molar-refractivity contribution in [1.29, 1.82) is 0 Å². The van der Waals surface area contributed by atoms with Crippen LogP contribution in [0.2, 0.25) is 0 Å². The molecule has 0 radical (unpaired) electrons. The number of phenols is 1. The average Bonchev–Trinajstić information content (AvgIpc) is 2.41. The Morgan fingerprint density at radius 2 is 1.68 bits per heavy atom. The molecule has 1 rings (SSSR count). The number of benzene rings is 1. The molecule has 0 heterocycles. The molecule has 19 heavy (non-hydrogen) atoms. The van der Waals surface area contributed by atoms with E-state index in [1.54, 1.807) is 12.1 Å². The molecule has 0 unspecified atom stereocenters. The van der Waals surface area contributed by atoms with Crippen molar-refractivity contribution in [3.8, 4) is 11.5 Å². The molecule has 0 spiro atoms. The van der Waals surface area contributed by atoms with Crippen molar-refractivity contribution < 1.29 is 14.9 Å². The highest BCUT2D eigenvalue weighted by Gasteiger charge is 2.09. The minimum absolute atomic E-state index is 0.292. The van der Waals surface area contributed by atoms with E-state index in [0.29, 0.717) is 11.5 Å². The number of hydrogen-bond donors (Lipinski definition) is 1. The van der Waals surface area contributed by atoms with Gasteiger partial charge in [-0.05, 0) is 25.0 Å². The van der Waals surface area contributed by atoms with Gasteiger partial charge in [-0.25, -0.2) is 0 Å². The summed E-state index contributed by atoms with van der Waals surface area (Å²) in [6.45, 7) is 2.23. The Morgan fingerprint density at radius 1 is 1.00 bits per heavy atom. The predicted octanol–water partition coefficient (Wildman–Crippen LogP) is 4.63. The molecule has 3 nitrogen and oxygen atoms in total. The molecule has 0 fully saturated rings. The highest BCUT2D eigenvalue weighted by atomic mass is 17.2. The molecule has 1 aromatic carbocycles. The van der Waals surface area contributed by atoms with Gasteiger partial charge in [0.25, 0.3) is 0 Å². The van der Waals surface area contributed by atoms with Gasteiger partial charge in [-0.3, -0.25) is 0 Å². The SMILES string of the molecule is CCCCCCCCCc1c(O)cccc1OOC. The van der Waals surface area contributed by atoms with Gasteiger partial charge in [-0.1, -0.05) is 51.5 Å².